The second-order valence-corrected chi connectivity index (χ2v) is 9.38. The van der Waals surface area contributed by atoms with Crippen LogP contribution < -0.4 is 4.90 Å². The summed E-state index contributed by atoms with van der Waals surface area (Å²) in [6.07, 6.45) is 7.76. The van der Waals surface area contributed by atoms with E-state index in [-0.39, 0.29) is 17.0 Å². The maximum absolute atomic E-state index is 13.5. The van der Waals surface area contributed by atoms with E-state index in [9.17, 15) is 9.50 Å². The van der Waals surface area contributed by atoms with Crippen LogP contribution in [0.25, 0.3) is 22.4 Å². The first-order valence-corrected chi connectivity index (χ1v) is 11.0. The highest BCUT2D eigenvalue weighted by Gasteiger charge is 2.51. The first kappa shape index (κ1) is 20.0. The van der Waals surface area contributed by atoms with Gasteiger partial charge in [0, 0.05) is 91.7 Å². The molecule has 2 saturated heterocycles. The standard InChI is InChI=1S/C25H25FN6O/c1-30-11-20(10-29-30)22-7-18(9-27-22)17-2-5-24(28-8-17)32-15-25(16-32)13-31(14-25)12-19-6-21(26)3-4-23(19)33/h2-11,27,33H,12-16H2,1H3. The van der Waals surface area contributed by atoms with E-state index in [0.717, 1.165) is 54.4 Å². The number of phenols is 1. The fourth-order valence-electron chi connectivity index (χ4n) is 5.09. The summed E-state index contributed by atoms with van der Waals surface area (Å²) >= 11 is 0. The van der Waals surface area contributed by atoms with Crippen molar-refractivity contribution in [3.05, 3.63) is 72.6 Å². The van der Waals surface area contributed by atoms with Crippen molar-refractivity contribution in [3.63, 3.8) is 0 Å². The molecule has 0 unspecified atom stereocenters. The molecule has 0 amide bonds. The van der Waals surface area contributed by atoms with Gasteiger partial charge in [-0.2, -0.15) is 5.10 Å². The minimum absolute atomic E-state index is 0.159. The lowest BCUT2D eigenvalue weighted by molar-refractivity contribution is -0.0280. The molecule has 8 heteroatoms. The van der Waals surface area contributed by atoms with Crippen molar-refractivity contribution >= 4 is 5.82 Å². The number of phenolic OH excluding ortho intramolecular Hbond substituents is 1. The summed E-state index contributed by atoms with van der Waals surface area (Å²) in [7, 11) is 1.91. The second kappa shape index (κ2) is 7.45. The number of H-pyrrole nitrogens is 1. The molecular weight excluding hydrogens is 419 g/mol. The number of nitrogens with one attached hydrogen (secondary N) is 1. The van der Waals surface area contributed by atoms with E-state index in [1.807, 2.05) is 31.8 Å². The van der Waals surface area contributed by atoms with Crippen molar-refractivity contribution in [2.24, 2.45) is 12.5 Å². The smallest absolute Gasteiger partial charge is 0.128 e. The van der Waals surface area contributed by atoms with Crippen molar-refractivity contribution in [2.45, 2.75) is 6.54 Å². The third-order valence-electron chi connectivity index (χ3n) is 6.71. The quantitative estimate of drug-likeness (QED) is 0.492. The number of likely N-dealkylation sites (tertiary alicyclic amines) is 1. The van der Waals surface area contributed by atoms with Crippen LogP contribution in [0.4, 0.5) is 10.2 Å². The normalized spacial score (nSPS) is 17.2. The number of aromatic amines is 1. The summed E-state index contributed by atoms with van der Waals surface area (Å²) in [5.74, 6) is 0.843. The number of hydrogen-bond donors (Lipinski definition) is 2. The Kier molecular flexibility index (Phi) is 4.51. The Labute approximate surface area is 191 Å². The van der Waals surface area contributed by atoms with Gasteiger partial charge < -0.3 is 15.0 Å². The van der Waals surface area contributed by atoms with Gasteiger partial charge in [-0.15, -0.1) is 0 Å². The summed E-state index contributed by atoms with van der Waals surface area (Å²) in [4.78, 5) is 12.6. The van der Waals surface area contributed by atoms with Gasteiger partial charge >= 0.3 is 0 Å². The van der Waals surface area contributed by atoms with Crippen molar-refractivity contribution in [1.82, 2.24) is 24.6 Å². The Bertz CT molecular complexity index is 1300. The minimum Gasteiger partial charge on any atom is -0.508 e. The van der Waals surface area contributed by atoms with E-state index in [2.05, 4.69) is 38.1 Å². The van der Waals surface area contributed by atoms with Crippen molar-refractivity contribution < 1.29 is 9.50 Å². The average molecular weight is 445 g/mol. The van der Waals surface area contributed by atoms with E-state index in [0.29, 0.717) is 12.1 Å². The highest BCUT2D eigenvalue weighted by atomic mass is 19.1. The van der Waals surface area contributed by atoms with Crippen LogP contribution in [-0.4, -0.2) is 55.9 Å². The number of benzene rings is 1. The van der Waals surface area contributed by atoms with Gasteiger partial charge in [-0.3, -0.25) is 9.58 Å². The highest BCUT2D eigenvalue weighted by molar-refractivity contribution is 5.71. The van der Waals surface area contributed by atoms with Crippen LogP contribution in [0, 0.1) is 11.2 Å². The molecule has 2 fully saturated rings. The Morgan fingerprint density at radius 3 is 2.61 bits per heavy atom. The van der Waals surface area contributed by atoms with Gasteiger partial charge in [0.15, 0.2) is 0 Å². The van der Waals surface area contributed by atoms with Gasteiger partial charge in [-0.05, 0) is 36.4 Å². The largest absolute Gasteiger partial charge is 0.508 e. The van der Waals surface area contributed by atoms with E-state index in [4.69, 9.17) is 4.98 Å². The number of aryl methyl sites for hydroxylation is 1. The van der Waals surface area contributed by atoms with E-state index in [1.54, 1.807) is 4.68 Å². The van der Waals surface area contributed by atoms with Crippen molar-refractivity contribution in [1.29, 1.82) is 0 Å². The monoisotopic (exact) mass is 444 g/mol. The zero-order valence-electron chi connectivity index (χ0n) is 18.4. The first-order chi connectivity index (χ1) is 16.0. The number of aromatic nitrogens is 4. The molecule has 168 valence electrons. The number of halogens is 1. The Morgan fingerprint density at radius 2 is 1.88 bits per heavy atom. The van der Waals surface area contributed by atoms with E-state index in [1.165, 1.54) is 18.2 Å². The molecule has 0 bridgehead atoms. The molecule has 2 aliphatic rings. The second-order valence-electron chi connectivity index (χ2n) is 9.38. The Hall–Kier alpha value is -3.65. The zero-order valence-corrected chi connectivity index (χ0v) is 18.4. The predicted octanol–water partition coefficient (Wildman–Crippen LogP) is 3.64. The fourth-order valence-corrected chi connectivity index (χ4v) is 5.09. The van der Waals surface area contributed by atoms with Gasteiger partial charge in [0.2, 0.25) is 0 Å². The number of rotatable bonds is 5. The molecule has 0 atom stereocenters. The number of pyridine rings is 1. The molecule has 0 radical (unpaired) electrons. The Morgan fingerprint density at radius 1 is 1.03 bits per heavy atom. The molecule has 0 aliphatic carbocycles. The lowest BCUT2D eigenvalue weighted by Crippen LogP contribution is -2.72. The van der Waals surface area contributed by atoms with Crippen molar-refractivity contribution in [2.75, 3.05) is 31.1 Å². The van der Waals surface area contributed by atoms with Crippen LogP contribution in [0.1, 0.15) is 5.56 Å². The molecule has 1 aromatic carbocycles. The molecular formula is C25H25FN6O. The molecule has 5 heterocycles. The van der Waals surface area contributed by atoms with Gasteiger partial charge in [0.1, 0.15) is 17.4 Å². The third kappa shape index (κ3) is 3.66. The molecule has 2 N–H and O–H groups in total. The SMILES string of the molecule is Cn1cc(-c2cc(-c3ccc(N4CC5(CN(Cc6cc(F)ccc6O)C5)C4)nc3)c[nH]2)cn1. The van der Waals surface area contributed by atoms with Crippen LogP contribution in [0.15, 0.2) is 61.2 Å². The number of hydrogen-bond acceptors (Lipinski definition) is 5. The van der Waals surface area contributed by atoms with E-state index >= 15 is 0 Å². The number of aromatic hydroxyl groups is 1. The lowest BCUT2D eigenvalue weighted by atomic mass is 9.72. The van der Waals surface area contributed by atoms with Gasteiger partial charge in [0.25, 0.3) is 0 Å². The molecule has 6 rings (SSSR count). The average Bonchev–Trinajstić information content (AvgIpc) is 3.41. The van der Waals surface area contributed by atoms with Crippen LogP contribution in [0.5, 0.6) is 5.75 Å². The van der Waals surface area contributed by atoms with Crippen LogP contribution in [-0.2, 0) is 13.6 Å². The summed E-state index contributed by atoms with van der Waals surface area (Å²) < 4.78 is 15.2. The van der Waals surface area contributed by atoms with Crippen molar-refractivity contribution in [3.8, 4) is 28.1 Å². The summed E-state index contributed by atoms with van der Waals surface area (Å²) in [5, 5.41) is 14.2. The summed E-state index contributed by atoms with van der Waals surface area (Å²) in [6, 6.07) is 10.4. The zero-order chi connectivity index (χ0) is 22.6. The first-order valence-electron chi connectivity index (χ1n) is 11.0. The topological polar surface area (TPSA) is 73.2 Å². The number of anilines is 1. The molecule has 2 aliphatic heterocycles. The Balaban J connectivity index is 1.05. The fraction of sp³-hybridized carbons (Fsp3) is 0.280. The van der Waals surface area contributed by atoms with Crippen LogP contribution in [0.3, 0.4) is 0 Å². The maximum atomic E-state index is 13.5. The molecule has 1 spiro atoms. The van der Waals surface area contributed by atoms with Crippen LogP contribution in [0.2, 0.25) is 0 Å². The molecule has 0 saturated carbocycles. The number of nitrogens with zero attached hydrogens (tertiary/aromatic N) is 5. The van der Waals surface area contributed by atoms with E-state index < -0.39 is 0 Å². The predicted molar refractivity (Wildman–Crippen MR) is 124 cm³/mol. The lowest BCUT2D eigenvalue weighted by Gasteiger charge is -2.60. The molecule has 4 aromatic rings. The maximum Gasteiger partial charge on any atom is 0.128 e. The molecule has 3 aromatic heterocycles. The highest BCUT2D eigenvalue weighted by Crippen LogP contribution is 2.42. The summed E-state index contributed by atoms with van der Waals surface area (Å²) in [6.45, 7) is 4.44. The molecule has 33 heavy (non-hydrogen) atoms. The third-order valence-corrected chi connectivity index (χ3v) is 6.71. The minimum atomic E-state index is -0.310. The van der Waals surface area contributed by atoms with Gasteiger partial charge in [-0.1, -0.05) is 0 Å². The molecule has 7 nitrogen and oxygen atoms in total. The summed E-state index contributed by atoms with van der Waals surface area (Å²) in [5.41, 5.74) is 5.19. The van der Waals surface area contributed by atoms with Crippen LogP contribution >= 0.6 is 0 Å². The van der Waals surface area contributed by atoms with Gasteiger partial charge in [0.05, 0.1) is 6.20 Å². The van der Waals surface area contributed by atoms with Gasteiger partial charge in [-0.25, -0.2) is 9.37 Å².